The third-order valence-electron chi connectivity index (χ3n) is 3.56. The fourth-order valence-corrected chi connectivity index (χ4v) is 2.35. The standard InChI is InChI=1S/C18H31NO/c1-5-12-19-18(14-20-13-8-9-15(2)3)17-11-7-6-10-16(17)4/h6-7,10-11,15,18-19H,5,8-9,12-14H2,1-4H3. The zero-order valence-corrected chi connectivity index (χ0v) is 13.6. The molecule has 1 unspecified atom stereocenters. The number of aryl methyl sites for hydroxylation is 1. The molecule has 0 aliphatic carbocycles. The van der Waals surface area contributed by atoms with Crippen molar-refractivity contribution < 1.29 is 4.74 Å². The van der Waals surface area contributed by atoms with Crippen LogP contribution >= 0.6 is 0 Å². The Bertz CT molecular complexity index is 362. The molecule has 2 heteroatoms. The average molecular weight is 277 g/mol. The summed E-state index contributed by atoms with van der Waals surface area (Å²) in [7, 11) is 0. The van der Waals surface area contributed by atoms with Gasteiger partial charge in [0.05, 0.1) is 12.6 Å². The van der Waals surface area contributed by atoms with Crippen LogP contribution in [0.4, 0.5) is 0 Å². The van der Waals surface area contributed by atoms with Crippen LogP contribution in [-0.2, 0) is 4.74 Å². The van der Waals surface area contributed by atoms with Crippen LogP contribution in [-0.4, -0.2) is 19.8 Å². The van der Waals surface area contributed by atoms with Gasteiger partial charge in [-0.3, -0.25) is 0 Å². The first-order chi connectivity index (χ1) is 9.65. The predicted octanol–water partition coefficient (Wildman–Crippen LogP) is 4.49. The van der Waals surface area contributed by atoms with Crippen LogP contribution in [0.15, 0.2) is 24.3 Å². The maximum Gasteiger partial charge on any atom is 0.0661 e. The lowest BCUT2D eigenvalue weighted by Gasteiger charge is -2.21. The minimum atomic E-state index is 0.315. The molecule has 1 aromatic rings. The van der Waals surface area contributed by atoms with E-state index in [1.54, 1.807) is 0 Å². The molecule has 1 atom stereocenters. The van der Waals surface area contributed by atoms with Gasteiger partial charge in [0, 0.05) is 6.61 Å². The molecule has 1 rings (SSSR count). The van der Waals surface area contributed by atoms with Crippen molar-refractivity contribution >= 4 is 0 Å². The summed E-state index contributed by atoms with van der Waals surface area (Å²) in [4.78, 5) is 0. The third-order valence-corrected chi connectivity index (χ3v) is 3.56. The van der Waals surface area contributed by atoms with Crippen molar-refractivity contribution in [2.24, 2.45) is 5.92 Å². The number of nitrogens with one attached hydrogen (secondary N) is 1. The summed E-state index contributed by atoms with van der Waals surface area (Å²) in [5.41, 5.74) is 2.71. The largest absolute Gasteiger partial charge is 0.379 e. The van der Waals surface area contributed by atoms with Gasteiger partial charge < -0.3 is 10.1 Å². The van der Waals surface area contributed by atoms with E-state index in [2.05, 4.69) is 57.3 Å². The van der Waals surface area contributed by atoms with E-state index in [1.165, 1.54) is 17.5 Å². The minimum absolute atomic E-state index is 0.315. The summed E-state index contributed by atoms with van der Waals surface area (Å²) >= 11 is 0. The molecule has 0 bridgehead atoms. The first-order valence-corrected chi connectivity index (χ1v) is 8.01. The molecule has 0 aliphatic heterocycles. The molecule has 0 saturated heterocycles. The summed E-state index contributed by atoms with van der Waals surface area (Å²) in [6, 6.07) is 8.91. The van der Waals surface area contributed by atoms with Crippen molar-refractivity contribution in [1.82, 2.24) is 5.32 Å². The zero-order valence-electron chi connectivity index (χ0n) is 13.6. The fraction of sp³-hybridized carbons (Fsp3) is 0.667. The van der Waals surface area contributed by atoms with Crippen LogP contribution in [0.5, 0.6) is 0 Å². The van der Waals surface area contributed by atoms with Crippen molar-refractivity contribution in [3.63, 3.8) is 0 Å². The third kappa shape index (κ3) is 6.53. The van der Waals surface area contributed by atoms with Crippen molar-refractivity contribution in [2.75, 3.05) is 19.8 Å². The van der Waals surface area contributed by atoms with Gasteiger partial charge in [-0.15, -0.1) is 0 Å². The molecule has 1 aromatic carbocycles. The van der Waals surface area contributed by atoms with Gasteiger partial charge >= 0.3 is 0 Å². The Morgan fingerprint density at radius 2 is 1.95 bits per heavy atom. The average Bonchev–Trinajstić information content (AvgIpc) is 2.42. The highest BCUT2D eigenvalue weighted by molar-refractivity contribution is 5.28. The van der Waals surface area contributed by atoms with Crippen molar-refractivity contribution in [2.45, 2.75) is 53.0 Å². The van der Waals surface area contributed by atoms with Crippen LogP contribution in [0.1, 0.15) is 57.2 Å². The number of benzene rings is 1. The van der Waals surface area contributed by atoms with Crippen LogP contribution in [0.25, 0.3) is 0 Å². The molecule has 0 saturated carbocycles. The SMILES string of the molecule is CCCNC(COCCCC(C)C)c1ccccc1C. The van der Waals surface area contributed by atoms with Gasteiger partial charge in [0.25, 0.3) is 0 Å². The maximum absolute atomic E-state index is 5.89. The van der Waals surface area contributed by atoms with Gasteiger partial charge in [0.15, 0.2) is 0 Å². The second-order valence-electron chi connectivity index (χ2n) is 5.97. The summed E-state index contributed by atoms with van der Waals surface area (Å²) in [6.07, 6.45) is 3.55. The van der Waals surface area contributed by atoms with Gasteiger partial charge in [0.1, 0.15) is 0 Å². The summed E-state index contributed by atoms with van der Waals surface area (Å²) in [5.74, 6) is 0.768. The lowest BCUT2D eigenvalue weighted by atomic mass is 10.0. The zero-order chi connectivity index (χ0) is 14.8. The normalized spacial score (nSPS) is 12.8. The second-order valence-corrected chi connectivity index (χ2v) is 5.97. The first kappa shape index (κ1) is 17.2. The Morgan fingerprint density at radius 1 is 1.20 bits per heavy atom. The summed E-state index contributed by atoms with van der Waals surface area (Å²) in [6.45, 7) is 11.6. The first-order valence-electron chi connectivity index (χ1n) is 8.01. The molecule has 0 aromatic heterocycles. The smallest absolute Gasteiger partial charge is 0.0661 e. The van der Waals surface area contributed by atoms with Crippen LogP contribution in [0.3, 0.4) is 0 Å². The number of ether oxygens (including phenoxy) is 1. The highest BCUT2D eigenvalue weighted by Crippen LogP contribution is 2.18. The molecule has 20 heavy (non-hydrogen) atoms. The molecule has 0 spiro atoms. The quantitative estimate of drug-likeness (QED) is 0.636. The highest BCUT2D eigenvalue weighted by atomic mass is 16.5. The fourth-order valence-electron chi connectivity index (χ4n) is 2.35. The monoisotopic (exact) mass is 277 g/mol. The van der Waals surface area contributed by atoms with Crippen molar-refractivity contribution in [3.8, 4) is 0 Å². The molecule has 114 valence electrons. The summed E-state index contributed by atoms with van der Waals surface area (Å²) in [5, 5.41) is 3.60. The Morgan fingerprint density at radius 3 is 2.60 bits per heavy atom. The number of rotatable bonds is 10. The molecular weight excluding hydrogens is 246 g/mol. The predicted molar refractivity (Wildman–Crippen MR) is 87.1 cm³/mol. The minimum Gasteiger partial charge on any atom is -0.379 e. The van der Waals surface area contributed by atoms with E-state index in [9.17, 15) is 0 Å². The maximum atomic E-state index is 5.89. The summed E-state index contributed by atoms with van der Waals surface area (Å²) < 4.78 is 5.89. The van der Waals surface area contributed by atoms with Crippen molar-refractivity contribution in [1.29, 1.82) is 0 Å². The van der Waals surface area contributed by atoms with Gasteiger partial charge in [0.2, 0.25) is 0 Å². The Balaban J connectivity index is 2.46. The van der Waals surface area contributed by atoms with E-state index < -0.39 is 0 Å². The van der Waals surface area contributed by atoms with E-state index in [0.29, 0.717) is 6.04 Å². The lowest BCUT2D eigenvalue weighted by Crippen LogP contribution is -2.27. The molecular formula is C18H31NO. The molecule has 0 amide bonds. The Labute approximate surface area is 124 Å². The molecule has 0 radical (unpaired) electrons. The number of hydrogen-bond donors (Lipinski definition) is 1. The molecule has 0 fully saturated rings. The van der Waals surface area contributed by atoms with Gasteiger partial charge in [-0.2, -0.15) is 0 Å². The lowest BCUT2D eigenvalue weighted by molar-refractivity contribution is 0.106. The van der Waals surface area contributed by atoms with E-state index >= 15 is 0 Å². The Kier molecular flexibility index (Phi) is 8.56. The highest BCUT2D eigenvalue weighted by Gasteiger charge is 2.12. The molecule has 1 N–H and O–H groups in total. The van der Waals surface area contributed by atoms with Gasteiger partial charge in [-0.05, 0) is 49.8 Å². The van der Waals surface area contributed by atoms with Crippen LogP contribution in [0.2, 0.25) is 0 Å². The molecule has 0 heterocycles. The van der Waals surface area contributed by atoms with Crippen molar-refractivity contribution in [3.05, 3.63) is 35.4 Å². The van der Waals surface area contributed by atoms with Crippen LogP contribution < -0.4 is 5.32 Å². The number of hydrogen-bond acceptors (Lipinski definition) is 2. The molecule has 0 aliphatic rings. The van der Waals surface area contributed by atoms with Crippen LogP contribution in [0, 0.1) is 12.8 Å². The Hall–Kier alpha value is -0.860. The second kappa shape index (κ2) is 9.95. The van der Waals surface area contributed by atoms with Gasteiger partial charge in [-0.1, -0.05) is 45.0 Å². The van der Waals surface area contributed by atoms with E-state index in [4.69, 9.17) is 4.74 Å². The molecule has 2 nitrogen and oxygen atoms in total. The van der Waals surface area contributed by atoms with E-state index in [-0.39, 0.29) is 0 Å². The van der Waals surface area contributed by atoms with E-state index in [0.717, 1.165) is 38.5 Å². The van der Waals surface area contributed by atoms with E-state index in [1.807, 2.05) is 0 Å². The topological polar surface area (TPSA) is 21.3 Å². The van der Waals surface area contributed by atoms with Gasteiger partial charge in [-0.25, -0.2) is 0 Å².